The van der Waals surface area contributed by atoms with Crippen molar-refractivity contribution in [2.75, 3.05) is 12.4 Å². The van der Waals surface area contributed by atoms with Gasteiger partial charge in [-0.15, -0.1) is 0 Å². The number of ether oxygens (including phenoxy) is 1. The van der Waals surface area contributed by atoms with E-state index in [4.69, 9.17) is 4.74 Å². The summed E-state index contributed by atoms with van der Waals surface area (Å²) >= 11 is 3.43. The van der Waals surface area contributed by atoms with Gasteiger partial charge in [-0.2, -0.15) is 5.26 Å². The molecule has 0 spiro atoms. The number of nitrogens with one attached hydrogen (secondary N) is 1. The van der Waals surface area contributed by atoms with Crippen molar-refractivity contribution >= 4 is 38.3 Å². The molecule has 1 aromatic heterocycles. The summed E-state index contributed by atoms with van der Waals surface area (Å²) in [6.07, 6.45) is 0. The maximum Gasteiger partial charge on any atom is 0.149 e. The van der Waals surface area contributed by atoms with Crippen LogP contribution in [0.25, 0.3) is 10.9 Å². The zero-order valence-electron chi connectivity index (χ0n) is 11.8. The first kappa shape index (κ1) is 14.4. The second kappa shape index (κ2) is 6.04. The molecule has 3 aromatic rings. The highest BCUT2D eigenvalue weighted by molar-refractivity contribution is 9.10. The summed E-state index contributed by atoms with van der Waals surface area (Å²) in [5.74, 6) is 1.19. The van der Waals surface area contributed by atoms with Gasteiger partial charge in [-0.1, -0.05) is 34.1 Å². The molecule has 0 aliphatic heterocycles. The highest BCUT2D eigenvalue weighted by atomic mass is 79.9. The van der Waals surface area contributed by atoms with Gasteiger partial charge in [-0.25, -0.2) is 4.98 Å². The molecule has 0 unspecified atom stereocenters. The van der Waals surface area contributed by atoms with Crippen LogP contribution in [0.3, 0.4) is 0 Å². The molecule has 0 saturated carbocycles. The first-order valence-electron chi connectivity index (χ1n) is 6.61. The Bertz CT molecular complexity index is 887. The zero-order chi connectivity index (χ0) is 15.5. The van der Waals surface area contributed by atoms with Gasteiger partial charge in [-0.3, -0.25) is 0 Å². The Kier molecular flexibility index (Phi) is 3.94. The van der Waals surface area contributed by atoms with Crippen LogP contribution in [-0.4, -0.2) is 12.1 Å². The molecule has 108 valence electrons. The van der Waals surface area contributed by atoms with Crippen molar-refractivity contribution in [1.82, 2.24) is 4.98 Å². The van der Waals surface area contributed by atoms with Crippen molar-refractivity contribution in [1.29, 1.82) is 5.26 Å². The maximum absolute atomic E-state index is 9.37. The maximum atomic E-state index is 9.37. The smallest absolute Gasteiger partial charge is 0.149 e. The van der Waals surface area contributed by atoms with Crippen LogP contribution in [0.4, 0.5) is 11.5 Å². The Morgan fingerprint density at radius 2 is 2.00 bits per heavy atom. The Hall–Kier alpha value is -2.58. The number of para-hydroxylation sites is 1. The lowest BCUT2D eigenvalue weighted by Crippen LogP contribution is -1.98. The molecule has 0 fully saturated rings. The number of pyridine rings is 1. The van der Waals surface area contributed by atoms with Crippen LogP contribution in [0.5, 0.6) is 5.75 Å². The molecule has 0 saturated heterocycles. The van der Waals surface area contributed by atoms with Gasteiger partial charge in [0, 0.05) is 15.5 Å². The van der Waals surface area contributed by atoms with E-state index in [-0.39, 0.29) is 0 Å². The van der Waals surface area contributed by atoms with E-state index in [0.29, 0.717) is 17.1 Å². The lowest BCUT2D eigenvalue weighted by Gasteiger charge is -2.11. The molecule has 4 nitrogen and oxygen atoms in total. The molecule has 0 amide bonds. The Labute approximate surface area is 136 Å². The number of methoxy groups -OCH3 is 1. The molecule has 0 aliphatic carbocycles. The number of hydrogen-bond acceptors (Lipinski definition) is 4. The van der Waals surface area contributed by atoms with Crippen LogP contribution in [0.15, 0.2) is 53.0 Å². The standard InChI is InChI=1S/C17H12BrN3O/c1-22-15-7-2-4-11-8-12(10-19)17(21-16(11)15)20-14-6-3-5-13(18)9-14/h2-9H,1H3,(H,20,21). The molecule has 5 heteroatoms. The molecule has 2 aromatic carbocycles. The molecular formula is C17H12BrN3O. The van der Waals surface area contributed by atoms with Crippen LogP contribution in [0.1, 0.15) is 5.56 Å². The normalized spacial score (nSPS) is 10.2. The minimum Gasteiger partial charge on any atom is -0.494 e. The van der Waals surface area contributed by atoms with Crippen molar-refractivity contribution in [3.63, 3.8) is 0 Å². The number of fused-ring (bicyclic) bond motifs is 1. The monoisotopic (exact) mass is 353 g/mol. The average molecular weight is 354 g/mol. The Balaban J connectivity index is 2.13. The molecule has 0 aliphatic rings. The molecule has 0 bridgehead atoms. The number of hydrogen-bond donors (Lipinski definition) is 1. The fourth-order valence-corrected chi connectivity index (χ4v) is 2.62. The third kappa shape index (κ3) is 2.74. The van der Waals surface area contributed by atoms with Crippen LogP contribution < -0.4 is 10.1 Å². The molecule has 0 radical (unpaired) electrons. The van der Waals surface area contributed by atoms with Gasteiger partial charge in [0.15, 0.2) is 0 Å². The topological polar surface area (TPSA) is 57.9 Å². The number of nitrogens with zero attached hydrogens (tertiary/aromatic N) is 2. The van der Waals surface area contributed by atoms with Crippen LogP contribution in [-0.2, 0) is 0 Å². The largest absolute Gasteiger partial charge is 0.494 e. The second-order valence-corrected chi connectivity index (χ2v) is 5.58. The second-order valence-electron chi connectivity index (χ2n) is 4.66. The van der Waals surface area contributed by atoms with Gasteiger partial charge < -0.3 is 10.1 Å². The predicted octanol–water partition coefficient (Wildman–Crippen LogP) is 4.62. The van der Waals surface area contributed by atoms with E-state index in [1.807, 2.05) is 48.5 Å². The van der Waals surface area contributed by atoms with Gasteiger partial charge >= 0.3 is 0 Å². The lowest BCUT2D eigenvalue weighted by atomic mass is 10.1. The summed E-state index contributed by atoms with van der Waals surface area (Å²) in [7, 11) is 1.61. The SMILES string of the molecule is COc1cccc2cc(C#N)c(Nc3cccc(Br)c3)nc12. The van der Waals surface area contributed by atoms with Crippen LogP contribution in [0, 0.1) is 11.3 Å². The van der Waals surface area contributed by atoms with E-state index in [9.17, 15) is 5.26 Å². The highest BCUT2D eigenvalue weighted by Crippen LogP contribution is 2.29. The first-order chi connectivity index (χ1) is 10.7. The summed E-state index contributed by atoms with van der Waals surface area (Å²) in [6, 6.07) is 17.3. The van der Waals surface area contributed by atoms with E-state index in [1.54, 1.807) is 7.11 Å². The highest BCUT2D eigenvalue weighted by Gasteiger charge is 2.10. The Morgan fingerprint density at radius 3 is 2.73 bits per heavy atom. The molecule has 1 N–H and O–H groups in total. The van der Waals surface area contributed by atoms with Gasteiger partial charge in [0.1, 0.15) is 23.2 Å². The Morgan fingerprint density at radius 1 is 1.18 bits per heavy atom. The van der Waals surface area contributed by atoms with E-state index in [0.717, 1.165) is 21.1 Å². The van der Waals surface area contributed by atoms with Crippen molar-refractivity contribution in [3.05, 3.63) is 58.6 Å². The summed E-state index contributed by atoms with van der Waals surface area (Å²) in [4.78, 5) is 4.57. The quantitative estimate of drug-likeness (QED) is 0.746. The summed E-state index contributed by atoms with van der Waals surface area (Å²) < 4.78 is 6.30. The third-order valence-electron chi connectivity index (χ3n) is 3.24. The van der Waals surface area contributed by atoms with Gasteiger partial charge in [0.25, 0.3) is 0 Å². The summed E-state index contributed by atoms with van der Waals surface area (Å²) in [5.41, 5.74) is 2.06. The van der Waals surface area contributed by atoms with E-state index >= 15 is 0 Å². The van der Waals surface area contributed by atoms with E-state index < -0.39 is 0 Å². The predicted molar refractivity (Wildman–Crippen MR) is 90.4 cm³/mol. The van der Waals surface area contributed by atoms with Crippen molar-refractivity contribution in [2.24, 2.45) is 0 Å². The summed E-state index contributed by atoms with van der Waals surface area (Å²) in [5, 5.41) is 13.4. The van der Waals surface area contributed by atoms with E-state index in [2.05, 4.69) is 32.3 Å². The third-order valence-corrected chi connectivity index (χ3v) is 3.73. The van der Waals surface area contributed by atoms with Gasteiger partial charge in [0.2, 0.25) is 0 Å². The minimum atomic E-state index is 0.487. The van der Waals surface area contributed by atoms with E-state index in [1.165, 1.54) is 0 Å². The number of benzene rings is 2. The number of aromatic nitrogens is 1. The molecule has 3 rings (SSSR count). The lowest BCUT2D eigenvalue weighted by molar-refractivity contribution is 0.419. The fraction of sp³-hybridized carbons (Fsp3) is 0.0588. The van der Waals surface area contributed by atoms with Crippen LogP contribution in [0.2, 0.25) is 0 Å². The number of anilines is 2. The number of halogens is 1. The summed E-state index contributed by atoms with van der Waals surface area (Å²) in [6.45, 7) is 0. The fourth-order valence-electron chi connectivity index (χ4n) is 2.22. The molecule has 1 heterocycles. The minimum absolute atomic E-state index is 0.487. The van der Waals surface area contributed by atoms with Crippen molar-refractivity contribution in [3.8, 4) is 11.8 Å². The molecule has 0 atom stereocenters. The first-order valence-corrected chi connectivity index (χ1v) is 7.41. The number of rotatable bonds is 3. The van der Waals surface area contributed by atoms with Crippen LogP contribution >= 0.6 is 15.9 Å². The molecule has 22 heavy (non-hydrogen) atoms. The van der Waals surface area contributed by atoms with Crippen molar-refractivity contribution < 1.29 is 4.74 Å². The van der Waals surface area contributed by atoms with Gasteiger partial charge in [-0.05, 0) is 30.3 Å². The zero-order valence-corrected chi connectivity index (χ0v) is 13.4. The average Bonchev–Trinajstić information content (AvgIpc) is 2.53. The number of nitriles is 1. The molecular weight excluding hydrogens is 342 g/mol. The van der Waals surface area contributed by atoms with Gasteiger partial charge in [0.05, 0.1) is 12.7 Å². The van der Waals surface area contributed by atoms with Crippen molar-refractivity contribution in [2.45, 2.75) is 0 Å².